The smallest absolute Gasteiger partial charge is 0.407 e. The zero-order valence-electron chi connectivity index (χ0n) is 17.9. The van der Waals surface area contributed by atoms with Crippen molar-refractivity contribution < 1.29 is 15.0 Å². The van der Waals surface area contributed by atoms with Gasteiger partial charge in [0.05, 0.1) is 24.0 Å². The Morgan fingerprint density at radius 1 is 1.26 bits per heavy atom. The van der Waals surface area contributed by atoms with E-state index in [1.54, 1.807) is 4.68 Å². The van der Waals surface area contributed by atoms with Crippen molar-refractivity contribution in [2.45, 2.75) is 51.8 Å². The van der Waals surface area contributed by atoms with Gasteiger partial charge in [0.2, 0.25) is 0 Å². The second-order valence-corrected chi connectivity index (χ2v) is 9.34. The maximum absolute atomic E-state index is 13.1. The molecule has 1 aliphatic rings. The average Bonchev–Trinajstić information content (AvgIpc) is 3.15. The molecule has 1 fully saturated rings. The number of hydrogen-bond acceptors (Lipinski definition) is 5. The fraction of sp³-hybridized carbons (Fsp3) is 0.455. The predicted octanol–water partition coefficient (Wildman–Crippen LogP) is 2.50. The molecule has 164 valence electrons. The van der Waals surface area contributed by atoms with Crippen LogP contribution in [0.1, 0.15) is 33.6 Å². The fourth-order valence-corrected chi connectivity index (χ4v) is 4.34. The third-order valence-corrected chi connectivity index (χ3v) is 6.03. The third-order valence-electron chi connectivity index (χ3n) is 6.03. The Balaban J connectivity index is 1.65. The number of aromatic nitrogens is 4. The Morgan fingerprint density at radius 2 is 1.97 bits per heavy atom. The van der Waals surface area contributed by atoms with Crippen LogP contribution in [0, 0.1) is 5.41 Å². The van der Waals surface area contributed by atoms with Crippen molar-refractivity contribution in [3.8, 4) is 5.69 Å². The molecule has 1 aromatic carbocycles. The van der Waals surface area contributed by atoms with Crippen LogP contribution in [0.4, 0.5) is 4.79 Å². The number of nitrogens with zero attached hydrogens (tertiary/aromatic N) is 5. The van der Waals surface area contributed by atoms with Gasteiger partial charge in [-0.2, -0.15) is 5.10 Å². The number of hydrogen-bond donors (Lipinski definition) is 2. The number of rotatable bonds is 3. The number of para-hydroxylation sites is 1. The lowest BCUT2D eigenvalue weighted by Gasteiger charge is -2.48. The molecule has 1 saturated heterocycles. The molecule has 9 heteroatoms. The van der Waals surface area contributed by atoms with Gasteiger partial charge in [0, 0.05) is 12.6 Å². The molecule has 4 rings (SSSR count). The van der Waals surface area contributed by atoms with Gasteiger partial charge >= 0.3 is 6.09 Å². The van der Waals surface area contributed by atoms with Crippen molar-refractivity contribution in [1.82, 2.24) is 24.2 Å². The molecule has 0 spiro atoms. The summed E-state index contributed by atoms with van der Waals surface area (Å²) < 4.78 is 3.01. The van der Waals surface area contributed by atoms with Crippen molar-refractivity contribution in [1.29, 1.82) is 0 Å². The van der Waals surface area contributed by atoms with Crippen molar-refractivity contribution in [2.24, 2.45) is 5.41 Å². The Morgan fingerprint density at radius 3 is 2.61 bits per heavy atom. The first-order valence-corrected chi connectivity index (χ1v) is 10.3. The molecule has 2 N–H and O–H groups in total. The third kappa shape index (κ3) is 3.93. The van der Waals surface area contributed by atoms with Crippen LogP contribution in [-0.2, 0) is 6.54 Å². The molecule has 2 aromatic heterocycles. The summed E-state index contributed by atoms with van der Waals surface area (Å²) in [6.45, 7) is 6.13. The van der Waals surface area contributed by atoms with Gasteiger partial charge in [-0.15, -0.1) is 0 Å². The standard InChI is InChI=1S/C22H27N5O4/c1-21(2,3)17-11-22(31,9-10-26(17)20(29)30)13-25-14-23-18-16(19(25)28)12-24-27(18)15-7-5-4-6-8-15/h4-8,12,14,17,31H,9-11,13H2,1-3H3,(H,29,30). The highest BCUT2D eigenvalue weighted by Crippen LogP contribution is 2.37. The topological polar surface area (TPSA) is 113 Å². The fourth-order valence-electron chi connectivity index (χ4n) is 4.34. The first-order chi connectivity index (χ1) is 14.6. The molecule has 2 unspecified atom stereocenters. The van der Waals surface area contributed by atoms with Crippen LogP contribution in [0.2, 0.25) is 0 Å². The van der Waals surface area contributed by atoms with Crippen molar-refractivity contribution in [3.63, 3.8) is 0 Å². The molecule has 9 nitrogen and oxygen atoms in total. The van der Waals surface area contributed by atoms with E-state index < -0.39 is 11.7 Å². The van der Waals surface area contributed by atoms with Crippen LogP contribution < -0.4 is 5.56 Å². The summed E-state index contributed by atoms with van der Waals surface area (Å²) in [7, 11) is 0. The second-order valence-electron chi connectivity index (χ2n) is 9.34. The van der Waals surface area contributed by atoms with E-state index in [2.05, 4.69) is 10.1 Å². The highest BCUT2D eigenvalue weighted by atomic mass is 16.4. The molecule has 0 bridgehead atoms. The maximum Gasteiger partial charge on any atom is 0.407 e. The number of carboxylic acid groups (broad SMARTS) is 1. The van der Waals surface area contributed by atoms with Crippen LogP contribution in [-0.4, -0.2) is 58.7 Å². The summed E-state index contributed by atoms with van der Waals surface area (Å²) in [5, 5.41) is 25.5. The van der Waals surface area contributed by atoms with E-state index in [0.29, 0.717) is 11.0 Å². The number of benzene rings is 1. The Bertz CT molecular complexity index is 1160. The highest BCUT2D eigenvalue weighted by molar-refractivity contribution is 5.74. The van der Waals surface area contributed by atoms with E-state index in [9.17, 15) is 19.8 Å². The summed E-state index contributed by atoms with van der Waals surface area (Å²) in [6, 6.07) is 9.06. The monoisotopic (exact) mass is 425 g/mol. The molecule has 0 aliphatic carbocycles. The Labute approximate surface area is 179 Å². The van der Waals surface area contributed by atoms with E-state index in [0.717, 1.165) is 5.69 Å². The van der Waals surface area contributed by atoms with Crippen LogP contribution in [0.15, 0.2) is 47.7 Å². The Kier molecular flexibility index (Phi) is 5.09. The lowest BCUT2D eigenvalue weighted by Crippen LogP contribution is -2.58. The summed E-state index contributed by atoms with van der Waals surface area (Å²) in [5.74, 6) is 0. The van der Waals surface area contributed by atoms with Gasteiger partial charge in [-0.25, -0.2) is 14.5 Å². The molecular weight excluding hydrogens is 398 g/mol. The van der Waals surface area contributed by atoms with Gasteiger partial charge in [0.15, 0.2) is 5.65 Å². The van der Waals surface area contributed by atoms with Gasteiger partial charge in [-0.3, -0.25) is 9.36 Å². The van der Waals surface area contributed by atoms with Crippen LogP contribution in [0.5, 0.6) is 0 Å². The van der Waals surface area contributed by atoms with E-state index in [-0.39, 0.29) is 42.9 Å². The minimum Gasteiger partial charge on any atom is -0.465 e. The van der Waals surface area contributed by atoms with Gasteiger partial charge in [-0.1, -0.05) is 39.0 Å². The van der Waals surface area contributed by atoms with Crippen LogP contribution in [0.25, 0.3) is 16.7 Å². The number of piperidine rings is 1. The number of amides is 1. The molecule has 3 heterocycles. The second kappa shape index (κ2) is 7.49. The molecule has 31 heavy (non-hydrogen) atoms. The van der Waals surface area contributed by atoms with Crippen molar-refractivity contribution in [3.05, 3.63) is 53.2 Å². The van der Waals surface area contributed by atoms with Crippen LogP contribution in [0.3, 0.4) is 0 Å². The van der Waals surface area contributed by atoms with Gasteiger partial charge in [0.25, 0.3) is 5.56 Å². The minimum atomic E-state index is -1.21. The van der Waals surface area contributed by atoms with Crippen LogP contribution >= 0.6 is 0 Å². The maximum atomic E-state index is 13.1. The summed E-state index contributed by atoms with van der Waals surface area (Å²) in [6.07, 6.45) is 2.43. The lowest BCUT2D eigenvalue weighted by atomic mass is 9.75. The molecule has 3 aromatic rings. The average molecular weight is 425 g/mol. The number of aliphatic hydroxyl groups is 1. The Hall–Kier alpha value is -3.20. The zero-order valence-corrected chi connectivity index (χ0v) is 17.9. The molecule has 0 radical (unpaired) electrons. The number of fused-ring (bicyclic) bond motifs is 1. The number of carbonyl (C=O) groups is 1. The molecule has 1 aliphatic heterocycles. The molecule has 1 amide bonds. The van der Waals surface area contributed by atoms with Crippen molar-refractivity contribution in [2.75, 3.05) is 6.54 Å². The molecule has 0 saturated carbocycles. The predicted molar refractivity (Wildman–Crippen MR) is 115 cm³/mol. The number of likely N-dealkylation sites (tertiary alicyclic amines) is 1. The minimum absolute atomic E-state index is 0.0470. The lowest BCUT2D eigenvalue weighted by molar-refractivity contribution is -0.0738. The summed E-state index contributed by atoms with van der Waals surface area (Å²) in [4.78, 5) is 30.6. The van der Waals surface area contributed by atoms with E-state index in [1.165, 1.54) is 22.0 Å². The summed E-state index contributed by atoms with van der Waals surface area (Å²) >= 11 is 0. The normalized spacial score (nSPS) is 22.1. The quantitative estimate of drug-likeness (QED) is 0.667. The first kappa shape index (κ1) is 21.0. The van der Waals surface area contributed by atoms with E-state index in [4.69, 9.17) is 0 Å². The highest BCUT2D eigenvalue weighted by Gasteiger charge is 2.45. The van der Waals surface area contributed by atoms with Gasteiger partial charge in [-0.05, 0) is 30.4 Å². The van der Waals surface area contributed by atoms with Gasteiger partial charge < -0.3 is 15.1 Å². The van der Waals surface area contributed by atoms with Gasteiger partial charge in [0.1, 0.15) is 11.7 Å². The van der Waals surface area contributed by atoms with E-state index >= 15 is 0 Å². The van der Waals surface area contributed by atoms with E-state index in [1.807, 2.05) is 51.1 Å². The largest absolute Gasteiger partial charge is 0.465 e. The first-order valence-electron chi connectivity index (χ1n) is 10.3. The SMILES string of the molecule is CC(C)(C)C1CC(O)(Cn2cnc3c(cnn3-c3ccccc3)c2=O)CCN1C(=O)O. The summed E-state index contributed by atoms with van der Waals surface area (Å²) in [5.41, 5.74) is -0.592. The zero-order chi connectivity index (χ0) is 22.4. The van der Waals surface area contributed by atoms with Crippen molar-refractivity contribution >= 4 is 17.1 Å². The molecule has 2 atom stereocenters. The molecular formula is C22H27N5O4.